The van der Waals surface area contributed by atoms with Crippen LogP contribution in [0.2, 0.25) is 0 Å². The summed E-state index contributed by atoms with van der Waals surface area (Å²) in [5.74, 6) is 0.830. The van der Waals surface area contributed by atoms with Crippen molar-refractivity contribution in [2.75, 3.05) is 14.1 Å². The Morgan fingerprint density at radius 3 is 2.57 bits per heavy atom. The Morgan fingerprint density at radius 2 is 1.93 bits per heavy atom. The number of nitrogens with zero attached hydrogens (tertiary/aromatic N) is 1. The van der Waals surface area contributed by atoms with E-state index in [1.807, 2.05) is 0 Å². The minimum Gasteiger partial charge on any atom is -0.335 e. The molecule has 2 amide bonds. The van der Waals surface area contributed by atoms with Crippen molar-refractivity contribution in [3.8, 4) is 0 Å². The number of carbonyl (C=O) groups excluding carboxylic acids is 1. The maximum atomic E-state index is 11.4. The van der Waals surface area contributed by atoms with Crippen LogP contribution >= 0.6 is 0 Å². The van der Waals surface area contributed by atoms with E-state index in [1.165, 1.54) is 19.3 Å². The molecule has 3 nitrogen and oxygen atoms in total. The molecular weight excluding hydrogens is 176 g/mol. The van der Waals surface area contributed by atoms with Crippen molar-refractivity contribution in [1.29, 1.82) is 0 Å². The minimum absolute atomic E-state index is 0.0459. The molecule has 0 aromatic heterocycles. The van der Waals surface area contributed by atoms with Gasteiger partial charge >= 0.3 is 6.03 Å². The standard InChI is InChI=1S/C11H22N2O/c1-9-5-4-6-10(8-7-9)12-11(14)13(2)3/h9-10H,4-8H2,1-3H3,(H,12,14). The number of hydrogen-bond donors (Lipinski definition) is 1. The normalized spacial score (nSPS) is 27.9. The van der Waals surface area contributed by atoms with E-state index in [2.05, 4.69) is 12.2 Å². The zero-order valence-corrected chi connectivity index (χ0v) is 9.55. The average Bonchev–Trinajstić information content (AvgIpc) is 2.31. The van der Waals surface area contributed by atoms with Crippen molar-refractivity contribution in [3.05, 3.63) is 0 Å². The number of nitrogens with one attached hydrogen (secondary N) is 1. The van der Waals surface area contributed by atoms with Crippen LogP contribution in [0.5, 0.6) is 0 Å². The van der Waals surface area contributed by atoms with Gasteiger partial charge in [-0.3, -0.25) is 0 Å². The highest BCUT2D eigenvalue weighted by atomic mass is 16.2. The summed E-state index contributed by atoms with van der Waals surface area (Å²) in [6.45, 7) is 2.30. The largest absolute Gasteiger partial charge is 0.335 e. The third kappa shape index (κ3) is 3.56. The summed E-state index contributed by atoms with van der Waals surface area (Å²) in [6.07, 6.45) is 6.09. The number of rotatable bonds is 1. The lowest BCUT2D eigenvalue weighted by Gasteiger charge is -2.19. The molecule has 1 rings (SSSR count). The first kappa shape index (κ1) is 11.3. The molecule has 1 fully saturated rings. The second kappa shape index (κ2) is 5.23. The summed E-state index contributed by atoms with van der Waals surface area (Å²) >= 11 is 0. The molecule has 1 N–H and O–H groups in total. The summed E-state index contributed by atoms with van der Waals surface area (Å²) in [5, 5.41) is 3.07. The van der Waals surface area contributed by atoms with Crippen molar-refractivity contribution < 1.29 is 4.79 Å². The maximum absolute atomic E-state index is 11.4. The zero-order valence-electron chi connectivity index (χ0n) is 9.55. The Bertz CT molecular complexity index is 192. The summed E-state index contributed by atoms with van der Waals surface area (Å²) in [4.78, 5) is 13.0. The van der Waals surface area contributed by atoms with Crippen LogP contribution in [-0.2, 0) is 0 Å². The third-order valence-corrected chi connectivity index (χ3v) is 2.99. The second-order valence-electron chi connectivity index (χ2n) is 4.65. The molecule has 1 aliphatic carbocycles. The Balaban J connectivity index is 2.33. The van der Waals surface area contributed by atoms with E-state index in [-0.39, 0.29) is 6.03 Å². The molecule has 0 aromatic carbocycles. The van der Waals surface area contributed by atoms with Gasteiger partial charge in [-0.1, -0.05) is 19.8 Å². The quantitative estimate of drug-likeness (QED) is 0.644. The molecule has 0 radical (unpaired) electrons. The SMILES string of the molecule is CC1CCCC(NC(=O)N(C)C)CC1. The minimum atomic E-state index is 0.0459. The van der Waals surface area contributed by atoms with Gasteiger partial charge in [0, 0.05) is 20.1 Å². The van der Waals surface area contributed by atoms with E-state index in [4.69, 9.17) is 0 Å². The van der Waals surface area contributed by atoms with Gasteiger partial charge in [0.15, 0.2) is 0 Å². The van der Waals surface area contributed by atoms with Crippen molar-refractivity contribution >= 4 is 6.03 Å². The number of amides is 2. The van der Waals surface area contributed by atoms with Gasteiger partial charge in [-0.05, 0) is 25.2 Å². The van der Waals surface area contributed by atoms with E-state index in [0.29, 0.717) is 6.04 Å². The molecule has 3 heteroatoms. The summed E-state index contributed by atoms with van der Waals surface area (Å²) in [6, 6.07) is 0.444. The smallest absolute Gasteiger partial charge is 0.317 e. The molecule has 0 heterocycles. The van der Waals surface area contributed by atoms with E-state index < -0.39 is 0 Å². The lowest BCUT2D eigenvalue weighted by atomic mass is 10.0. The molecule has 2 atom stereocenters. The van der Waals surface area contributed by atoms with Gasteiger partial charge in [0.2, 0.25) is 0 Å². The van der Waals surface area contributed by atoms with E-state index >= 15 is 0 Å². The predicted molar refractivity (Wildman–Crippen MR) is 58.3 cm³/mol. The fourth-order valence-electron chi connectivity index (χ4n) is 1.94. The molecule has 0 aliphatic heterocycles. The van der Waals surface area contributed by atoms with Crippen molar-refractivity contribution in [1.82, 2.24) is 10.2 Å². The highest BCUT2D eigenvalue weighted by Gasteiger charge is 2.18. The summed E-state index contributed by atoms with van der Waals surface area (Å²) < 4.78 is 0. The van der Waals surface area contributed by atoms with Gasteiger partial charge in [0.1, 0.15) is 0 Å². The molecule has 0 saturated heterocycles. The van der Waals surface area contributed by atoms with Gasteiger partial charge in [0.25, 0.3) is 0 Å². The lowest BCUT2D eigenvalue weighted by Crippen LogP contribution is -2.41. The van der Waals surface area contributed by atoms with Crippen LogP contribution in [0.25, 0.3) is 0 Å². The lowest BCUT2D eigenvalue weighted by molar-refractivity contribution is 0.211. The second-order valence-corrected chi connectivity index (χ2v) is 4.65. The van der Waals surface area contributed by atoms with Crippen LogP contribution in [-0.4, -0.2) is 31.1 Å². The Kier molecular flexibility index (Phi) is 4.23. The molecular formula is C11H22N2O. The van der Waals surface area contributed by atoms with Crippen LogP contribution in [0.1, 0.15) is 39.0 Å². The molecule has 1 saturated carbocycles. The first-order valence-corrected chi connectivity index (χ1v) is 5.57. The van der Waals surface area contributed by atoms with Crippen molar-refractivity contribution in [2.24, 2.45) is 5.92 Å². The van der Waals surface area contributed by atoms with Gasteiger partial charge < -0.3 is 10.2 Å². The van der Waals surface area contributed by atoms with Crippen LogP contribution in [0.3, 0.4) is 0 Å². The van der Waals surface area contributed by atoms with Crippen molar-refractivity contribution in [2.45, 2.75) is 45.1 Å². The molecule has 0 bridgehead atoms. The average molecular weight is 198 g/mol. The summed E-state index contributed by atoms with van der Waals surface area (Å²) in [7, 11) is 3.57. The molecule has 1 aliphatic rings. The third-order valence-electron chi connectivity index (χ3n) is 2.99. The highest BCUT2D eigenvalue weighted by molar-refractivity contribution is 5.73. The number of carbonyl (C=O) groups is 1. The summed E-state index contributed by atoms with van der Waals surface area (Å²) in [5.41, 5.74) is 0. The van der Waals surface area contributed by atoms with Gasteiger partial charge in [-0.2, -0.15) is 0 Å². The molecule has 0 aromatic rings. The van der Waals surface area contributed by atoms with Crippen LogP contribution in [0.4, 0.5) is 4.79 Å². The van der Waals surface area contributed by atoms with Crippen LogP contribution in [0, 0.1) is 5.92 Å². The monoisotopic (exact) mass is 198 g/mol. The highest BCUT2D eigenvalue weighted by Crippen LogP contribution is 2.22. The number of hydrogen-bond acceptors (Lipinski definition) is 1. The first-order valence-electron chi connectivity index (χ1n) is 5.57. The molecule has 14 heavy (non-hydrogen) atoms. The van der Waals surface area contributed by atoms with Gasteiger partial charge in [-0.15, -0.1) is 0 Å². The van der Waals surface area contributed by atoms with Crippen LogP contribution in [0.15, 0.2) is 0 Å². The predicted octanol–water partition coefficient (Wildman–Crippen LogP) is 2.23. The topological polar surface area (TPSA) is 32.3 Å². The Morgan fingerprint density at radius 1 is 1.21 bits per heavy atom. The Labute approximate surface area is 86.9 Å². The van der Waals surface area contributed by atoms with E-state index in [0.717, 1.165) is 18.8 Å². The fourth-order valence-corrected chi connectivity index (χ4v) is 1.94. The molecule has 82 valence electrons. The van der Waals surface area contributed by atoms with Crippen LogP contribution < -0.4 is 5.32 Å². The maximum Gasteiger partial charge on any atom is 0.317 e. The van der Waals surface area contributed by atoms with E-state index in [9.17, 15) is 4.79 Å². The first-order chi connectivity index (χ1) is 6.59. The Hall–Kier alpha value is -0.730. The van der Waals surface area contributed by atoms with Gasteiger partial charge in [0.05, 0.1) is 0 Å². The van der Waals surface area contributed by atoms with Gasteiger partial charge in [-0.25, -0.2) is 4.79 Å². The fraction of sp³-hybridized carbons (Fsp3) is 0.909. The zero-order chi connectivity index (χ0) is 10.6. The molecule has 0 spiro atoms. The van der Waals surface area contributed by atoms with E-state index in [1.54, 1.807) is 19.0 Å². The van der Waals surface area contributed by atoms with Crippen molar-refractivity contribution in [3.63, 3.8) is 0 Å². The number of urea groups is 1. The molecule has 2 unspecified atom stereocenters.